The number of hydrogen-bond donors (Lipinski definition) is 1. The number of amides is 1. The Hall–Kier alpha value is -3.19. The number of aromatic nitrogens is 2. The molecule has 1 aromatic heterocycles. The first-order valence-corrected chi connectivity index (χ1v) is 9.78. The van der Waals surface area contributed by atoms with E-state index in [1.165, 1.54) is 18.2 Å². The summed E-state index contributed by atoms with van der Waals surface area (Å²) >= 11 is 6.12. The first-order chi connectivity index (χ1) is 14.0. The first-order valence-electron chi connectivity index (χ1n) is 9.41. The Balaban J connectivity index is 2.04. The zero-order valence-electron chi connectivity index (χ0n) is 17.5. The maximum atomic E-state index is 12.9. The van der Waals surface area contributed by atoms with Gasteiger partial charge in [-0.05, 0) is 31.5 Å². The Labute approximate surface area is 179 Å². The number of nitrogens with one attached hydrogen (secondary N) is 1. The minimum absolute atomic E-state index is 0.00956. The van der Waals surface area contributed by atoms with E-state index in [0.717, 1.165) is 22.5 Å². The van der Waals surface area contributed by atoms with Crippen molar-refractivity contribution in [1.29, 1.82) is 0 Å². The summed E-state index contributed by atoms with van der Waals surface area (Å²) < 4.78 is 1.70. The maximum absolute atomic E-state index is 12.9. The molecule has 1 N–H and O–H groups in total. The van der Waals surface area contributed by atoms with E-state index in [0.29, 0.717) is 5.82 Å². The number of rotatable bonds is 4. The van der Waals surface area contributed by atoms with Gasteiger partial charge in [0, 0.05) is 23.6 Å². The highest BCUT2D eigenvalue weighted by Gasteiger charge is 2.23. The van der Waals surface area contributed by atoms with Gasteiger partial charge in [-0.25, -0.2) is 4.68 Å². The Morgan fingerprint density at radius 2 is 1.83 bits per heavy atom. The smallest absolute Gasteiger partial charge is 0.270 e. The van der Waals surface area contributed by atoms with Crippen molar-refractivity contribution in [2.45, 2.75) is 40.0 Å². The highest BCUT2D eigenvalue weighted by molar-refractivity contribution is 6.34. The van der Waals surface area contributed by atoms with E-state index in [1.807, 2.05) is 58.9 Å². The summed E-state index contributed by atoms with van der Waals surface area (Å²) in [5.41, 5.74) is 3.55. The first kappa shape index (κ1) is 21.5. The molecule has 0 aliphatic carbocycles. The van der Waals surface area contributed by atoms with Crippen LogP contribution in [0.1, 0.15) is 48.0 Å². The van der Waals surface area contributed by atoms with Gasteiger partial charge < -0.3 is 5.32 Å². The molecule has 3 aromatic rings. The molecule has 0 atom stereocenters. The van der Waals surface area contributed by atoms with Crippen molar-refractivity contribution in [2.75, 3.05) is 5.32 Å². The molecule has 0 aliphatic heterocycles. The molecule has 8 heteroatoms. The third-order valence-electron chi connectivity index (χ3n) is 4.71. The Morgan fingerprint density at radius 3 is 2.40 bits per heavy atom. The number of anilines is 1. The third kappa shape index (κ3) is 4.36. The number of hydrogen-bond acceptors (Lipinski definition) is 4. The van der Waals surface area contributed by atoms with Crippen LogP contribution in [0.2, 0.25) is 5.02 Å². The fourth-order valence-electron chi connectivity index (χ4n) is 3.05. The normalized spacial score (nSPS) is 11.4. The van der Waals surface area contributed by atoms with E-state index < -0.39 is 10.8 Å². The SMILES string of the molecule is Cc1ccc(-n2nc(C(C)(C)C)cc2NC(=O)c2ccc([N+](=O)[O-])cc2Cl)c(C)c1. The number of carbonyl (C=O) groups is 1. The predicted molar refractivity (Wildman–Crippen MR) is 118 cm³/mol. The molecule has 0 aliphatic rings. The zero-order valence-corrected chi connectivity index (χ0v) is 18.2. The maximum Gasteiger partial charge on any atom is 0.270 e. The number of aryl methyl sites for hydroxylation is 2. The second-order valence-corrected chi connectivity index (χ2v) is 8.65. The van der Waals surface area contributed by atoms with Crippen LogP contribution in [0.5, 0.6) is 0 Å². The van der Waals surface area contributed by atoms with E-state index >= 15 is 0 Å². The van der Waals surface area contributed by atoms with E-state index in [4.69, 9.17) is 16.7 Å². The van der Waals surface area contributed by atoms with Crippen LogP contribution in [0.25, 0.3) is 5.69 Å². The van der Waals surface area contributed by atoms with Crippen molar-refractivity contribution >= 4 is 29.0 Å². The quantitative estimate of drug-likeness (QED) is 0.434. The Kier molecular flexibility index (Phi) is 5.67. The summed E-state index contributed by atoms with van der Waals surface area (Å²) in [7, 11) is 0. The van der Waals surface area contributed by atoms with Gasteiger partial charge in [-0.1, -0.05) is 50.1 Å². The molecule has 0 spiro atoms. The van der Waals surface area contributed by atoms with Gasteiger partial charge in [0.2, 0.25) is 0 Å². The van der Waals surface area contributed by atoms with Crippen LogP contribution in [0.4, 0.5) is 11.5 Å². The monoisotopic (exact) mass is 426 g/mol. The molecule has 0 fully saturated rings. The number of nitrogens with zero attached hydrogens (tertiary/aromatic N) is 3. The molecule has 1 heterocycles. The lowest BCUT2D eigenvalue weighted by molar-refractivity contribution is -0.384. The minimum atomic E-state index is -0.557. The van der Waals surface area contributed by atoms with Crippen molar-refractivity contribution in [1.82, 2.24) is 9.78 Å². The molecule has 0 unspecified atom stereocenters. The van der Waals surface area contributed by atoms with Gasteiger partial charge in [-0.2, -0.15) is 5.10 Å². The minimum Gasteiger partial charge on any atom is -0.306 e. The molecule has 0 bridgehead atoms. The lowest BCUT2D eigenvalue weighted by Crippen LogP contribution is -2.16. The molecular formula is C22H23ClN4O3. The van der Waals surface area contributed by atoms with Crippen molar-refractivity contribution < 1.29 is 9.72 Å². The Morgan fingerprint density at radius 1 is 1.13 bits per heavy atom. The number of nitro benzene ring substituents is 1. The Bertz CT molecular complexity index is 1150. The third-order valence-corrected chi connectivity index (χ3v) is 5.02. The van der Waals surface area contributed by atoms with Gasteiger partial charge in [0.05, 0.1) is 26.9 Å². The summed E-state index contributed by atoms with van der Waals surface area (Å²) in [5.74, 6) is 0.0209. The molecule has 1 amide bonds. The number of benzene rings is 2. The van der Waals surface area contributed by atoms with Gasteiger partial charge >= 0.3 is 0 Å². The molecule has 30 heavy (non-hydrogen) atoms. The van der Waals surface area contributed by atoms with Crippen molar-refractivity contribution in [3.05, 3.63) is 80.0 Å². The van der Waals surface area contributed by atoms with Crippen LogP contribution in [0, 0.1) is 24.0 Å². The average Bonchev–Trinajstić information content (AvgIpc) is 3.05. The fraction of sp³-hybridized carbons (Fsp3) is 0.273. The molecule has 0 saturated heterocycles. The molecule has 2 aromatic carbocycles. The molecule has 0 saturated carbocycles. The lowest BCUT2D eigenvalue weighted by atomic mass is 9.92. The fourth-order valence-corrected chi connectivity index (χ4v) is 3.31. The van der Waals surface area contributed by atoms with Crippen LogP contribution < -0.4 is 5.32 Å². The largest absolute Gasteiger partial charge is 0.306 e. The summed E-state index contributed by atoms with van der Waals surface area (Å²) in [6.45, 7) is 10.1. The van der Waals surface area contributed by atoms with Crippen molar-refractivity contribution in [2.24, 2.45) is 0 Å². The summed E-state index contributed by atoms with van der Waals surface area (Å²) in [5, 5.41) is 18.5. The van der Waals surface area contributed by atoms with Crippen LogP contribution in [-0.4, -0.2) is 20.6 Å². The van der Waals surface area contributed by atoms with E-state index in [1.54, 1.807) is 4.68 Å². The van der Waals surface area contributed by atoms with Crippen LogP contribution in [0.3, 0.4) is 0 Å². The number of nitro groups is 1. The summed E-state index contributed by atoms with van der Waals surface area (Å²) in [4.78, 5) is 23.2. The van der Waals surface area contributed by atoms with Gasteiger partial charge in [-0.15, -0.1) is 0 Å². The standard InChI is InChI=1S/C22H23ClN4O3/c1-13-6-9-18(14(2)10-13)26-20(12-19(25-26)22(3,4)5)24-21(28)16-8-7-15(27(29)30)11-17(16)23/h6-12H,1-5H3,(H,24,28). The predicted octanol–water partition coefficient (Wildman–Crippen LogP) is 5.60. The van der Waals surface area contributed by atoms with Gasteiger partial charge in [0.15, 0.2) is 0 Å². The average molecular weight is 427 g/mol. The van der Waals surface area contributed by atoms with E-state index in [9.17, 15) is 14.9 Å². The highest BCUT2D eigenvalue weighted by atomic mass is 35.5. The van der Waals surface area contributed by atoms with E-state index in [2.05, 4.69) is 5.32 Å². The number of halogens is 1. The van der Waals surface area contributed by atoms with Crippen LogP contribution >= 0.6 is 11.6 Å². The molecule has 156 valence electrons. The molecular weight excluding hydrogens is 404 g/mol. The second-order valence-electron chi connectivity index (χ2n) is 8.24. The van der Waals surface area contributed by atoms with E-state index in [-0.39, 0.29) is 21.7 Å². The van der Waals surface area contributed by atoms with Gasteiger partial charge in [0.1, 0.15) is 5.82 Å². The van der Waals surface area contributed by atoms with Crippen LogP contribution in [0.15, 0.2) is 42.5 Å². The molecule has 3 rings (SSSR count). The van der Waals surface area contributed by atoms with Crippen LogP contribution in [-0.2, 0) is 5.41 Å². The van der Waals surface area contributed by atoms with Gasteiger partial charge in [0.25, 0.3) is 11.6 Å². The topological polar surface area (TPSA) is 90.1 Å². The number of carbonyl (C=O) groups excluding carboxylic acids is 1. The molecule has 7 nitrogen and oxygen atoms in total. The lowest BCUT2D eigenvalue weighted by Gasteiger charge is -2.14. The van der Waals surface area contributed by atoms with Gasteiger partial charge in [-0.3, -0.25) is 14.9 Å². The molecule has 0 radical (unpaired) electrons. The summed E-state index contributed by atoms with van der Waals surface area (Å²) in [6.07, 6.45) is 0. The van der Waals surface area contributed by atoms with Crippen molar-refractivity contribution in [3.63, 3.8) is 0 Å². The number of non-ortho nitro benzene ring substituents is 1. The summed E-state index contributed by atoms with van der Waals surface area (Å²) in [6, 6.07) is 11.6. The highest BCUT2D eigenvalue weighted by Crippen LogP contribution is 2.29. The van der Waals surface area contributed by atoms with Crippen molar-refractivity contribution in [3.8, 4) is 5.69 Å². The zero-order chi connectivity index (χ0) is 22.2. The second kappa shape index (κ2) is 7.91.